The smallest absolute Gasteiger partial charge is 0.311 e. The number of hydrogen-bond donors (Lipinski definition) is 1. The van der Waals surface area contributed by atoms with Crippen LogP contribution in [0.2, 0.25) is 0 Å². The summed E-state index contributed by atoms with van der Waals surface area (Å²) in [4.78, 5) is 21.8. The maximum absolute atomic E-state index is 11.1. The van der Waals surface area contributed by atoms with E-state index in [1.54, 1.807) is 0 Å². The number of carboxylic acid groups (broad SMARTS) is 1. The predicted octanol–water partition coefficient (Wildman–Crippen LogP) is 0.413. The maximum Gasteiger partial charge on any atom is 0.311 e. The summed E-state index contributed by atoms with van der Waals surface area (Å²) < 4.78 is 4.94. The van der Waals surface area contributed by atoms with Gasteiger partial charge in [0.1, 0.15) is 12.0 Å². The minimum absolute atomic E-state index is 0.315. The number of carboxylic acids is 1. The normalized spacial score (nSPS) is 39.3. The number of rotatable bonds is 1. The van der Waals surface area contributed by atoms with E-state index in [4.69, 9.17) is 9.84 Å². The lowest BCUT2D eigenvalue weighted by Gasteiger charge is -2.21. The summed E-state index contributed by atoms with van der Waals surface area (Å²) in [6, 6.07) is 0. The minimum atomic E-state index is -0.893. The molecule has 1 saturated carbocycles. The van der Waals surface area contributed by atoms with Gasteiger partial charge in [0.2, 0.25) is 0 Å². The minimum Gasteiger partial charge on any atom is -0.481 e. The van der Waals surface area contributed by atoms with Gasteiger partial charge in [-0.05, 0) is 19.3 Å². The molecule has 3 atom stereocenters. The van der Waals surface area contributed by atoms with Crippen LogP contribution in [-0.2, 0) is 14.3 Å². The van der Waals surface area contributed by atoms with Crippen LogP contribution in [0.3, 0.4) is 0 Å². The van der Waals surface area contributed by atoms with Crippen LogP contribution in [0, 0.1) is 11.8 Å². The molecule has 3 unspecified atom stereocenters. The first-order valence-electron chi connectivity index (χ1n) is 4.13. The molecule has 2 rings (SSSR count). The molecule has 4 heteroatoms. The summed E-state index contributed by atoms with van der Waals surface area (Å²) in [5.74, 6) is -2.16. The highest BCUT2D eigenvalue weighted by molar-refractivity contribution is 5.85. The topological polar surface area (TPSA) is 63.6 Å². The van der Waals surface area contributed by atoms with Gasteiger partial charge in [0, 0.05) is 0 Å². The van der Waals surface area contributed by atoms with Crippen LogP contribution in [0.4, 0.5) is 0 Å². The Morgan fingerprint density at radius 3 is 2.75 bits per heavy atom. The molecular formula is C8H10O4. The fraction of sp³-hybridized carbons (Fsp3) is 0.750. The van der Waals surface area contributed by atoms with E-state index >= 15 is 0 Å². The number of carbonyl (C=O) groups is 2. The molecule has 0 aromatic carbocycles. The standard InChI is InChI=1S/C8H10O4/c9-7(10)6-4-2-1-3-5(6)12-8(4)11/h4-6H,1-3H2,(H,9,10). The molecular weight excluding hydrogens is 160 g/mol. The summed E-state index contributed by atoms with van der Waals surface area (Å²) in [6.45, 7) is 0. The number of ether oxygens (including phenoxy) is 1. The molecule has 1 heterocycles. The van der Waals surface area contributed by atoms with Gasteiger partial charge in [0.25, 0.3) is 0 Å². The van der Waals surface area contributed by atoms with Crippen LogP contribution in [0.1, 0.15) is 19.3 Å². The third kappa shape index (κ3) is 0.906. The van der Waals surface area contributed by atoms with Crippen molar-refractivity contribution in [2.24, 2.45) is 11.8 Å². The SMILES string of the molecule is O=C1OC2CCCC1C2C(=O)O. The Morgan fingerprint density at radius 1 is 1.50 bits per heavy atom. The van der Waals surface area contributed by atoms with Crippen molar-refractivity contribution in [1.82, 2.24) is 0 Å². The van der Waals surface area contributed by atoms with Gasteiger partial charge in [-0.15, -0.1) is 0 Å². The maximum atomic E-state index is 11.1. The first-order valence-corrected chi connectivity index (χ1v) is 4.13. The van der Waals surface area contributed by atoms with Crippen molar-refractivity contribution in [1.29, 1.82) is 0 Å². The molecule has 0 spiro atoms. The quantitative estimate of drug-likeness (QED) is 0.579. The third-order valence-corrected chi connectivity index (χ3v) is 2.69. The van der Waals surface area contributed by atoms with Crippen molar-refractivity contribution >= 4 is 11.9 Å². The molecule has 0 amide bonds. The number of hydrogen-bond acceptors (Lipinski definition) is 3. The van der Waals surface area contributed by atoms with Crippen molar-refractivity contribution in [3.63, 3.8) is 0 Å². The van der Waals surface area contributed by atoms with Gasteiger partial charge in [-0.25, -0.2) is 0 Å². The Bertz CT molecular complexity index is 235. The molecule has 1 aliphatic carbocycles. The first-order chi connectivity index (χ1) is 5.70. The molecule has 1 N–H and O–H groups in total. The number of esters is 1. The van der Waals surface area contributed by atoms with Crippen LogP contribution in [0.5, 0.6) is 0 Å². The highest BCUT2D eigenvalue weighted by Crippen LogP contribution is 2.39. The van der Waals surface area contributed by atoms with E-state index in [1.807, 2.05) is 0 Å². The number of carbonyl (C=O) groups excluding carboxylic acids is 1. The van der Waals surface area contributed by atoms with E-state index in [9.17, 15) is 9.59 Å². The van der Waals surface area contributed by atoms with Crippen LogP contribution >= 0.6 is 0 Å². The molecule has 4 nitrogen and oxygen atoms in total. The summed E-state index contributed by atoms with van der Waals surface area (Å²) in [6.07, 6.45) is 1.94. The first kappa shape index (κ1) is 7.58. The lowest BCUT2D eigenvalue weighted by Crippen LogP contribution is -2.32. The van der Waals surface area contributed by atoms with E-state index in [2.05, 4.69) is 0 Å². The van der Waals surface area contributed by atoms with E-state index in [0.29, 0.717) is 12.8 Å². The third-order valence-electron chi connectivity index (χ3n) is 2.69. The van der Waals surface area contributed by atoms with E-state index < -0.39 is 11.9 Å². The second kappa shape index (κ2) is 2.47. The Morgan fingerprint density at radius 2 is 2.25 bits per heavy atom. The van der Waals surface area contributed by atoms with E-state index in [-0.39, 0.29) is 18.0 Å². The molecule has 1 saturated heterocycles. The molecule has 2 aliphatic rings. The van der Waals surface area contributed by atoms with Crippen LogP contribution in [0.15, 0.2) is 0 Å². The number of fused-ring (bicyclic) bond motifs is 2. The summed E-state index contributed by atoms with van der Waals surface area (Å²) in [5, 5.41) is 8.80. The van der Waals surface area contributed by atoms with Crippen molar-refractivity contribution in [3.8, 4) is 0 Å². The van der Waals surface area contributed by atoms with Gasteiger partial charge in [-0.1, -0.05) is 0 Å². The Balaban J connectivity index is 2.25. The monoisotopic (exact) mass is 170 g/mol. The Hall–Kier alpha value is -1.06. The second-order valence-corrected chi connectivity index (χ2v) is 3.38. The average molecular weight is 170 g/mol. The fourth-order valence-corrected chi connectivity index (χ4v) is 2.12. The highest BCUT2D eigenvalue weighted by Gasteiger charge is 2.50. The van der Waals surface area contributed by atoms with Crippen LogP contribution in [-0.4, -0.2) is 23.1 Å². The van der Waals surface area contributed by atoms with E-state index in [0.717, 1.165) is 6.42 Å². The molecule has 0 aromatic rings. The largest absolute Gasteiger partial charge is 0.481 e. The zero-order valence-electron chi connectivity index (χ0n) is 6.53. The fourth-order valence-electron chi connectivity index (χ4n) is 2.12. The lowest BCUT2D eigenvalue weighted by molar-refractivity contribution is -0.145. The number of aliphatic carboxylic acids is 1. The van der Waals surface area contributed by atoms with Crippen molar-refractivity contribution < 1.29 is 19.4 Å². The molecule has 0 aromatic heterocycles. The lowest BCUT2D eigenvalue weighted by atomic mass is 9.80. The molecule has 0 radical (unpaired) electrons. The van der Waals surface area contributed by atoms with Gasteiger partial charge < -0.3 is 9.84 Å². The van der Waals surface area contributed by atoms with Crippen LogP contribution < -0.4 is 0 Å². The van der Waals surface area contributed by atoms with E-state index in [1.165, 1.54) is 0 Å². The van der Waals surface area contributed by atoms with Crippen LogP contribution in [0.25, 0.3) is 0 Å². The van der Waals surface area contributed by atoms with Gasteiger partial charge in [-0.3, -0.25) is 9.59 Å². The van der Waals surface area contributed by atoms with Crippen molar-refractivity contribution in [2.75, 3.05) is 0 Å². The van der Waals surface area contributed by atoms with Gasteiger partial charge in [-0.2, -0.15) is 0 Å². The molecule has 2 bridgehead atoms. The Kier molecular flexibility index (Phi) is 1.56. The van der Waals surface area contributed by atoms with Gasteiger partial charge >= 0.3 is 11.9 Å². The average Bonchev–Trinajstić information content (AvgIpc) is 2.20. The van der Waals surface area contributed by atoms with Crippen molar-refractivity contribution in [3.05, 3.63) is 0 Å². The Labute approximate surface area is 69.5 Å². The van der Waals surface area contributed by atoms with Gasteiger partial charge in [0.05, 0.1) is 5.92 Å². The molecule has 12 heavy (non-hydrogen) atoms. The predicted molar refractivity (Wildman–Crippen MR) is 38.3 cm³/mol. The molecule has 2 fully saturated rings. The molecule has 66 valence electrons. The second-order valence-electron chi connectivity index (χ2n) is 3.38. The summed E-state index contributed by atoms with van der Waals surface area (Å²) in [5.41, 5.74) is 0. The highest BCUT2D eigenvalue weighted by atomic mass is 16.6. The molecule has 1 aliphatic heterocycles. The van der Waals surface area contributed by atoms with Gasteiger partial charge in [0.15, 0.2) is 0 Å². The van der Waals surface area contributed by atoms with Crippen molar-refractivity contribution in [2.45, 2.75) is 25.4 Å². The zero-order valence-corrected chi connectivity index (χ0v) is 6.53. The summed E-state index contributed by atoms with van der Waals surface area (Å²) in [7, 11) is 0. The zero-order chi connectivity index (χ0) is 8.72. The summed E-state index contributed by atoms with van der Waals surface area (Å²) >= 11 is 0.